The Morgan fingerprint density at radius 3 is 2.84 bits per heavy atom. The minimum Gasteiger partial charge on any atom is -0.505 e. The zero-order valence-corrected chi connectivity index (χ0v) is 11.1. The lowest BCUT2D eigenvalue weighted by Crippen LogP contribution is -2.40. The Balaban J connectivity index is 2.02. The van der Waals surface area contributed by atoms with Crippen LogP contribution in [0.5, 0.6) is 5.75 Å². The molecule has 1 atom stereocenters. The average Bonchev–Trinajstić information content (AvgIpc) is 2.42. The zero-order valence-electron chi connectivity index (χ0n) is 11.1. The predicted octanol–water partition coefficient (Wildman–Crippen LogP) is 1.52. The SMILES string of the molecule is CC(NC(=O)c1cccc(N)c1O)C1CCOCC1. The lowest BCUT2D eigenvalue weighted by Gasteiger charge is -2.28. The van der Waals surface area contributed by atoms with Gasteiger partial charge in [0.25, 0.3) is 5.91 Å². The van der Waals surface area contributed by atoms with Crippen molar-refractivity contribution in [3.05, 3.63) is 23.8 Å². The van der Waals surface area contributed by atoms with Crippen LogP contribution in [-0.2, 0) is 4.74 Å². The molecule has 5 heteroatoms. The molecular formula is C14H20N2O3. The molecule has 0 spiro atoms. The van der Waals surface area contributed by atoms with E-state index >= 15 is 0 Å². The normalized spacial score (nSPS) is 17.9. The second-order valence-electron chi connectivity index (χ2n) is 4.96. The molecule has 0 aliphatic carbocycles. The van der Waals surface area contributed by atoms with Crippen LogP contribution in [0.25, 0.3) is 0 Å². The number of hydrogen-bond donors (Lipinski definition) is 3. The first-order chi connectivity index (χ1) is 9.09. The Bertz CT molecular complexity index is 456. The van der Waals surface area contributed by atoms with Crippen molar-refractivity contribution in [2.24, 2.45) is 5.92 Å². The molecular weight excluding hydrogens is 244 g/mol. The molecule has 1 heterocycles. The van der Waals surface area contributed by atoms with Crippen molar-refractivity contribution < 1.29 is 14.6 Å². The maximum absolute atomic E-state index is 12.1. The largest absolute Gasteiger partial charge is 0.505 e. The van der Waals surface area contributed by atoms with Gasteiger partial charge in [0, 0.05) is 19.3 Å². The van der Waals surface area contributed by atoms with Gasteiger partial charge >= 0.3 is 0 Å². The molecule has 2 rings (SSSR count). The fourth-order valence-electron chi connectivity index (χ4n) is 2.36. The van der Waals surface area contributed by atoms with Crippen LogP contribution in [0, 0.1) is 5.92 Å². The van der Waals surface area contributed by atoms with E-state index in [0.717, 1.165) is 26.1 Å². The van der Waals surface area contributed by atoms with Crippen LogP contribution in [0.1, 0.15) is 30.1 Å². The second kappa shape index (κ2) is 5.93. The summed E-state index contributed by atoms with van der Waals surface area (Å²) in [5, 5.41) is 12.7. The molecule has 1 saturated heterocycles. The minimum absolute atomic E-state index is 0.0530. The van der Waals surface area contributed by atoms with Crippen molar-refractivity contribution in [1.29, 1.82) is 0 Å². The highest BCUT2D eigenvalue weighted by atomic mass is 16.5. The van der Waals surface area contributed by atoms with E-state index < -0.39 is 0 Å². The van der Waals surface area contributed by atoms with Crippen LogP contribution in [0.2, 0.25) is 0 Å². The van der Waals surface area contributed by atoms with E-state index in [0.29, 0.717) is 5.92 Å². The van der Waals surface area contributed by atoms with Crippen molar-refractivity contribution in [1.82, 2.24) is 5.32 Å². The highest BCUT2D eigenvalue weighted by Crippen LogP contribution is 2.25. The highest BCUT2D eigenvalue weighted by Gasteiger charge is 2.23. The number of para-hydroxylation sites is 1. The molecule has 1 fully saturated rings. The molecule has 4 N–H and O–H groups in total. The predicted molar refractivity (Wildman–Crippen MR) is 73.0 cm³/mol. The lowest BCUT2D eigenvalue weighted by atomic mass is 9.92. The molecule has 104 valence electrons. The van der Waals surface area contributed by atoms with E-state index in [1.165, 1.54) is 0 Å². The Labute approximate surface area is 112 Å². The van der Waals surface area contributed by atoms with E-state index in [2.05, 4.69) is 5.32 Å². The van der Waals surface area contributed by atoms with Gasteiger partial charge in [-0.3, -0.25) is 4.79 Å². The first-order valence-corrected chi connectivity index (χ1v) is 6.55. The van der Waals surface area contributed by atoms with E-state index in [9.17, 15) is 9.90 Å². The number of nitrogens with two attached hydrogens (primary N) is 1. The summed E-state index contributed by atoms with van der Waals surface area (Å²) >= 11 is 0. The quantitative estimate of drug-likeness (QED) is 0.571. The molecule has 1 aromatic carbocycles. The number of aromatic hydroxyl groups is 1. The van der Waals surface area contributed by atoms with Gasteiger partial charge in [-0.1, -0.05) is 6.07 Å². The van der Waals surface area contributed by atoms with Crippen molar-refractivity contribution in [2.45, 2.75) is 25.8 Å². The number of nitrogens with one attached hydrogen (secondary N) is 1. The van der Waals surface area contributed by atoms with Crippen LogP contribution >= 0.6 is 0 Å². The van der Waals surface area contributed by atoms with Crippen LogP contribution in [0.15, 0.2) is 18.2 Å². The molecule has 1 unspecified atom stereocenters. The molecule has 1 aliphatic heterocycles. The number of hydrogen-bond acceptors (Lipinski definition) is 4. The Kier molecular flexibility index (Phi) is 4.27. The maximum atomic E-state index is 12.1. The zero-order chi connectivity index (χ0) is 13.8. The van der Waals surface area contributed by atoms with Gasteiger partial charge in [-0.25, -0.2) is 0 Å². The Hall–Kier alpha value is -1.75. The lowest BCUT2D eigenvalue weighted by molar-refractivity contribution is 0.0538. The summed E-state index contributed by atoms with van der Waals surface area (Å²) in [7, 11) is 0. The summed E-state index contributed by atoms with van der Waals surface area (Å²) in [5.74, 6) is -0.0242. The summed E-state index contributed by atoms with van der Waals surface area (Å²) in [6.45, 7) is 3.47. The molecule has 0 bridgehead atoms. The standard InChI is InChI=1S/C14H20N2O3/c1-9(10-5-7-19-8-6-10)16-14(18)11-3-2-4-12(15)13(11)17/h2-4,9-10,17H,5-8,15H2,1H3,(H,16,18). The number of phenolic OH excluding ortho intramolecular Hbond substituents is 1. The van der Waals surface area contributed by atoms with Gasteiger partial charge in [0.1, 0.15) is 0 Å². The Morgan fingerprint density at radius 2 is 2.16 bits per heavy atom. The first-order valence-electron chi connectivity index (χ1n) is 6.55. The molecule has 1 aliphatic rings. The maximum Gasteiger partial charge on any atom is 0.255 e. The van der Waals surface area contributed by atoms with Crippen molar-refractivity contribution in [3.63, 3.8) is 0 Å². The number of benzene rings is 1. The summed E-state index contributed by atoms with van der Waals surface area (Å²) in [4.78, 5) is 12.1. The van der Waals surface area contributed by atoms with E-state index in [1.54, 1.807) is 18.2 Å². The number of rotatable bonds is 3. The monoisotopic (exact) mass is 264 g/mol. The molecule has 1 aromatic rings. The summed E-state index contributed by atoms with van der Waals surface area (Å²) in [6.07, 6.45) is 1.90. The number of carbonyl (C=O) groups is 1. The smallest absolute Gasteiger partial charge is 0.255 e. The van der Waals surface area contributed by atoms with E-state index in [-0.39, 0.29) is 28.9 Å². The van der Waals surface area contributed by atoms with E-state index in [1.807, 2.05) is 6.92 Å². The van der Waals surface area contributed by atoms with Crippen molar-refractivity contribution >= 4 is 11.6 Å². The molecule has 5 nitrogen and oxygen atoms in total. The summed E-state index contributed by atoms with van der Waals surface area (Å²) in [6, 6.07) is 4.84. The average molecular weight is 264 g/mol. The van der Waals surface area contributed by atoms with Crippen molar-refractivity contribution in [3.8, 4) is 5.75 Å². The van der Waals surface area contributed by atoms with Crippen LogP contribution < -0.4 is 11.1 Å². The molecule has 1 amide bonds. The summed E-state index contributed by atoms with van der Waals surface area (Å²) in [5.41, 5.74) is 6.02. The topological polar surface area (TPSA) is 84.6 Å². The van der Waals surface area contributed by atoms with Crippen LogP contribution in [-0.4, -0.2) is 30.3 Å². The van der Waals surface area contributed by atoms with Gasteiger partial charge in [0.05, 0.1) is 11.3 Å². The van der Waals surface area contributed by atoms with Gasteiger partial charge in [0.15, 0.2) is 5.75 Å². The highest BCUT2D eigenvalue weighted by molar-refractivity contribution is 5.98. The second-order valence-corrected chi connectivity index (χ2v) is 4.96. The third kappa shape index (κ3) is 3.17. The number of anilines is 1. The van der Waals surface area contributed by atoms with Crippen LogP contribution in [0.4, 0.5) is 5.69 Å². The van der Waals surface area contributed by atoms with Gasteiger partial charge in [0.2, 0.25) is 0 Å². The third-order valence-corrected chi connectivity index (χ3v) is 3.64. The third-order valence-electron chi connectivity index (χ3n) is 3.64. The number of amides is 1. The fourth-order valence-corrected chi connectivity index (χ4v) is 2.36. The number of phenols is 1. The summed E-state index contributed by atoms with van der Waals surface area (Å²) < 4.78 is 5.31. The van der Waals surface area contributed by atoms with Gasteiger partial charge in [-0.15, -0.1) is 0 Å². The number of nitrogen functional groups attached to an aromatic ring is 1. The molecule has 0 radical (unpaired) electrons. The first kappa shape index (κ1) is 13.7. The minimum atomic E-state index is -0.288. The number of ether oxygens (including phenoxy) is 1. The van der Waals surface area contributed by atoms with Crippen LogP contribution in [0.3, 0.4) is 0 Å². The molecule has 0 aromatic heterocycles. The number of carbonyl (C=O) groups excluding carboxylic acids is 1. The van der Waals surface area contributed by atoms with Crippen molar-refractivity contribution in [2.75, 3.05) is 18.9 Å². The molecule has 0 saturated carbocycles. The van der Waals surface area contributed by atoms with E-state index in [4.69, 9.17) is 10.5 Å². The van der Waals surface area contributed by atoms with Gasteiger partial charge < -0.3 is 20.9 Å². The van der Waals surface area contributed by atoms with Gasteiger partial charge in [-0.2, -0.15) is 0 Å². The van der Waals surface area contributed by atoms with Gasteiger partial charge in [-0.05, 0) is 37.8 Å². The molecule has 19 heavy (non-hydrogen) atoms. The Morgan fingerprint density at radius 1 is 1.47 bits per heavy atom. The fraction of sp³-hybridized carbons (Fsp3) is 0.500.